The van der Waals surface area contributed by atoms with E-state index in [-0.39, 0.29) is 17.4 Å². The maximum atomic E-state index is 12.4. The summed E-state index contributed by atoms with van der Waals surface area (Å²) >= 11 is 0. The van der Waals surface area contributed by atoms with Gasteiger partial charge in [0.25, 0.3) is 0 Å². The fraction of sp³-hybridized carbons (Fsp3) is 0.533. The van der Waals surface area contributed by atoms with Gasteiger partial charge >= 0.3 is 5.97 Å². The number of rotatable bonds is 1. The van der Waals surface area contributed by atoms with Gasteiger partial charge in [0, 0.05) is 18.0 Å². The molecule has 1 spiro atoms. The zero-order valence-electron chi connectivity index (χ0n) is 11.1. The first-order chi connectivity index (χ1) is 9.22. The molecule has 2 heterocycles. The molecule has 0 N–H and O–H groups in total. The van der Waals surface area contributed by atoms with Gasteiger partial charge in [-0.3, -0.25) is 9.78 Å². The third-order valence-corrected chi connectivity index (χ3v) is 4.38. The number of carbonyl (C=O) groups excluding carboxylic acids is 1. The fourth-order valence-electron chi connectivity index (χ4n) is 3.12. The summed E-state index contributed by atoms with van der Waals surface area (Å²) in [6.07, 6.45) is 8.57. The van der Waals surface area contributed by atoms with E-state index < -0.39 is 0 Å². The number of carbonyl (C=O) groups is 1. The van der Waals surface area contributed by atoms with Crippen LogP contribution < -0.4 is 0 Å². The lowest BCUT2D eigenvalue weighted by Crippen LogP contribution is -2.47. The number of nitrogens with zero attached hydrogens (tertiary/aromatic N) is 2. The molecule has 0 aromatic carbocycles. The van der Waals surface area contributed by atoms with E-state index in [0.29, 0.717) is 5.90 Å². The molecule has 1 aromatic heterocycles. The minimum Gasteiger partial charge on any atom is -0.407 e. The van der Waals surface area contributed by atoms with Crippen molar-refractivity contribution in [1.29, 1.82) is 0 Å². The highest BCUT2D eigenvalue weighted by atomic mass is 16.5. The summed E-state index contributed by atoms with van der Waals surface area (Å²) in [5.74, 6) is 0.345. The predicted octanol–water partition coefficient (Wildman–Crippen LogP) is 2.72. The molecule has 1 saturated carbocycles. The van der Waals surface area contributed by atoms with Gasteiger partial charge in [-0.2, -0.15) is 0 Å². The van der Waals surface area contributed by atoms with Crippen LogP contribution in [-0.4, -0.2) is 22.9 Å². The Morgan fingerprint density at radius 3 is 2.53 bits per heavy atom. The van der Waals surface area contributed by atoms with E-state index in [4.69, 9.17) is 4.74 Å². The fourth-order valence-corrected chi connectivity index (χ4v) is 3.12. The predicted molar refractivity (Wildman–Crippen MR) is 71.8 cm³/mol. The third-order valence-electron chi connectivity index (χ3n) is 4.38. The Hall–Kier alpha value is -1.71. The Balaban J connectivity index is 1.92. The maximum Gasteiger partial charge on any atom is 0.320 e. The maximum absolute atomic E-state index is 12.4. The van der Waals surface area contributed by atoms with Crippen molar-refractivity contribution in [2.45, 2.75) is 45.1 Å². The lowest BCUT2D eigenvalue weighted by Gasteiger charge is -2.40. The van der Waals surface area contributed by atoms with E-state index in [1.165, 1.54) is 6.42 Å². The second kappa shape index (κ2) is 4.76. The molecule has 0 radical (unpaired) electrons. The van der Waals surface area contributed by atoms with Crippen LogP contribution in [0.5, 0.6) is 0 Å². The monoisotopic (exact) mass is 258 g/mol. The average Bonchev–Trinajstić information content (AvgIpc) is 2.46. The number of esters is 1. The van der Waals surface area contributed by atoms with Crippen molar-refractivity contribution in [2.24, 2.45) is 10.4 Å². The topological polar surface area (TPSA) is 51.6 Å². The Kier molecular flexibility index (Phi) is 3.09. The van der Waals surface area contributed by atoms with Crippen LogP contribution in [0.1, 0.15) is 44.6 Å². The van der Waals surface area contributed by atoms with E-state index in [0.717, 1.165) is 31.2 Å². The zero-order chi connectivity index (χ0) is 13.3. The molecule has 1 aliphatic carbocycles. The van der Waals surface area contributed by atoms with Crippen LogP contribution in [0.4, 0.5) is 0 Å². The van der Waals surface area contributed by atoms with E-state index in [2.05, 4.69) is 9.98 Å². The highest BCUT2D eigenvalue weighted by molar-refractivity contribution is 6.03. The molecule has 4 heteroatoms. The summed E-state index contributed by atoms with van der Waals surface area (Å²) < 4.78 is 5.52. The first-order valence-corrected chi connectivity index (χ1v) is 6.93. The Bertz CT molecular complexity index is 504. The average molecular weight is 258 g/mol. The summed E-state index contributed by atoms with van der Waals surface area (Å²) in [5.41, 5.74) is 0.440. The number of aromatic nitrogens is 1. The zero-order valence-corrected chi connectivity index (χ0v) is 11.1. The molecule has 0 saturated heterocycles. The Labute approximate surface area is 112 Å². The van der Waals surface area contributed by atoms with Crippen molar-refractivity contribution in [3.63, 3.8) is 0 Å². The van der Waals surface area contributed by atoms with Crippen molar-refractivity contribution >= 4 is 11.9 Å². The summed E-state index contributed by atoms with van der Waals surface area (Å²) in [7, 11) is 0. The number of hydrogen-bond donors (Lipinski definition) is 0. The van der Waals surface area contributed by atoms with E-state index >= 15 is 0 Å². The first kappa shape index (κ1) is 12.3. The number of cyclic esters (lactones) is 1. The number of pyridine rings is 1. The molecule has 19 heavy (non-hydrogen) atoms. The molecular weight excluding hydrogens is 240 g/mol. The van der Waals surface area contributed by atoms with E-state index in [1.54, 1.807) is 12.4 Å². The molecular formula is C15H18N2O2. The van der Waals surface area contributed by atoms with Crippen molar-refractivity contribution in [1.82, 2.24) is 4.98 Å². The molecule has 100 valence electrons. The summed E-state index contributed by atoms with van der Waals surface area (Å²) in [6, 6.07) is 3.63. The summed E-state index contributed by atoms with van der Waals surface area (Å²) in [4.78, 5) is 21.0. The molecule has 4 nitrogen and oxygen atoms in total. The molecule has 1 aromatic rings. The molecule has 0 amide bonds. The second-order valence-corrected chi connectivity index (χ2v) is 5.45. The van der Waals surface area contributed by atoms with E-state index in [9.17, 15) is 4.79 Å². The van der Waals surface area contributed by atoms with Crippen LogP contribution in [0.25, 0.3) is 0 Å². The number of hydrogen-bond acceptors (Lipinski definition) is 4. The SMILES string of the molecule is C[C@H]1N=C(c2ccncc2)OC(=O)C12CCCCC2. The lowest BCUT2D eigenvalue weighted by molar-refractivity contribution is -0.152. The Morgan fingerprint density at radius 1 is 1.21 bits per heavy atom. The van der Waals surface area contributed by atoms with Gasteiger partial charge in [-0.05, 0) is 31.9 Å². The lowest BCUT2D eigenvalue weighted by atomic mass is 9.69. The number of aliphatic imine (C=N–C) groups is 1. The Morgan fingerprint density at radius 2 is 1.89 bits per heavy atom. The third kappa shape index (κ3) is 2.05. The van der Waals surface area contributed by atoms with Crippen molar-refractivity contribution in [3.8, 4) is 0 Å². The summed E-state index contributed by atoms with van der Waals surface area (Å²) in [6.45, 7) is 2.03. The molecule has 2 aliphatic rings. The van der Waals surface area contributed by atoms with Crippen LogP contribution in [0.15, 0.2) is 29.5 Å². The molecule has 1 atom stereocenters. The highest BCUT2D eigenvalue weighted by Crippen LogP contribution is 2.43. The number of ether oxygens (including phenoxy) is 1. The van der Waals surface area contributed by atoms with Crippen molar-refractivity contribution in [3.05, 3.63) is 30.1 Å². The minimum absolute atomic E-state index is 0.00258. The van der Waals surface area contributed by atoms with Crippen LogP contribution >= 0.6 is 0 Å². The smallest absolute Gasteiger partial charge is 0.320 e. The molecule has 0 bridgehead atoms. The van der Waals surface area contributed by atoms with E-state index in [1.807, 2.05) is 19.1 Å². The highest BCUT2D eigenvalue weighted by Gasteiger charge is 2.49. The minimum atomic E-state index is -0.380. The summed E-state index contributed by atoms with van der Waals surface area (Å²) in [5, 5.41) is 0. The van der Waals surface area contributed by atoms with Crippen molar-refractivity contribution < 1.29 is 9.53 Å². The second-order valence-electron chi connectivity index (χ2n) is 5.45. The normalized spacial score (nSPS) is 25.8. The van der Waals surface area contributed by atoms with Gasteiger partial charge in [-0.1, -0.05) is 19.3 Å². The van der Waals surface area contributed by atoms with Crippen LogP contribution in [-0.2, 0) is 9.53 Å². The first-order valence-electron chi connectivity index (χ1n) is 6.93. The quantitative estimate of drug-likeness (QED) is 0.728. The molecule has 1 fully saturated rings. The largest absolute Gasteiger partial charge is 0.407 e. The van der Waals surface area contributed by atoms with Gasteiger partial charge in [0.15, 0.2) is 0 Å². The molecule has 0 unspecified atom stereocenters. The van der Waals surface area contributed by atoms with Gasteiger partial charge in [0.05, 0.1) is 11.5 Å². The molecule has 1 aliphatic heterocycles. The van der Waals surface area contributed by atoms with Crippen LogP contribution in [0.3, 0.4) is 0 Å². The van der Waals surface area contributed by atoms with Gasteiger partial charge in [0.1, 0.15) is 0 Å². The van der Waals surface area contributed by atoms with Gasteiger partial charge in [0.2, 0.25) is 5.90 Å². The van der Waals surface area contributed by atoms with Crippen LogP contribution in [0.2, 0.25) is 0 Å². The van der Waals surface area contributed by atoms with Gasteiger partial charge in [-0.15, -0.1) is 0 Å². The van der Waals surface area contributed by atoms with Crippen molar-refractivity contribution in [2.75, 3.05) is 0 Å². The van der Waals surface area contributed by atoms with Gasteiger partial charge in [-0.25, -0.2) is 4.99 Å². The molecule has 3 rings (SSSR count). The van der Waals surface area contributed by atoms with Gasteiger partial charge < -0.3 is 4.74 Å². The van der Waals surface area contributed by atoms with Crippen LogP contribution in [0, 0.1) is 5.41 Å². The standard InChI is InChI=1S/C15H18N2O2/c1-11-15(7-3-2-4-8-15)14(18)19-13(17-11)12-5-9-16-10-6-12/h5-6,9-11H,2-4,7-8H2,1H3/t11-/m1/s1.